The van der Waals surface area contributed by atoms with Crippen LogP contribution in [0.25, 0.3) is 11.5 Å². The molecule has 3 heterocycles. The standard InChI is InChI=1S/C19H20N4O4S/c1-14-4-6-15(7-5-14)19-21-20-17(27-19)13-22-12-16(8-9-18(22)24)28(25,26)23-10-2-3-11-23/h4-9,12H,2-3,10-11,13H2,1H3. The van der Waals surface area contributed by atoms with Crippen molar-refractivity contribution >= 4 is 10.0 Å². The zero-order valence-corrected chi connectivity index (χ0v) is 16.2. The summed E-state index contributed by atoms with van der Waals surface area (Å²) < 4.78 is 33.8. The minimum Gasteiger partial charge on any atom is -0.419 e. The molecule has 4 rings (SSSR count). The van der Waals surface area contributed by atoms with Crippen LogP contribution in [0.1, 0.15) is 24.3 Å². The van der Waals surface area contributed by atoms with Crippen LogP contribution < -0.4 is 5.56 Å². The van der Waals surface area contributed by atoms with Crippen molar-refractivity contribution in [3.8, 4) is 11.5 Å². The first-order chi connectivity index (χ1) is 13.4. The third-order valence-corrected chi connectivity index (χ3v) is 6.61. The summed E-state index contributed by atoms with van der Waals surface area (Å²) in [7, 11) is -3.61. The summed E-state index contributed by atoms with van der Waals surface area (Å²) in [6.07, 6.45) is 3.04. The van der Waals surface area contributed by atoms with E-state index in [-0.39, 0.29) is 22.9 Å². The Morgan fingerprint density at radius 3 is 2.46 bits per heavy atom. The minimum absolute atomic E-state index is 0.00105. The Kier molecular flexibility index (Phi) is 4.86. The maximum absolute atomic E-state index is 12.7. The highest BCUT2D eigenvalue weighted by Gasteiger charge is 2.27. The van der Waals surface area contributed by atoms with E-state index in [0.29, 0.717) is 19.0 Å². The molecule has 0 saturated carbocycles. The van der Waals surface area contributed by atoms with Crippen LogP contribution in [0.3, 0.4) is 0 Å². The molecule has 1 fully saturated rings. The summed E-state index contributed by atoms with van der Waals surface area (Å²) in [6, 6.07) is 10.2. The van der Waals surface area contributed by atoms with Crippen LogP contribution in [0.5, 0.6) is 0 Å². The van der Waals surface area contributed by atoms with Gasteiger partial charge in [-0.2, -0.15) is 4.31 Å². The van der Waals surface area contributed by atoms with Crippen molar-refractivity contribution in [1.29, 1.82) is 0 Å². The maximum atomic E-state index is 12.7. The van der Waals surface area contributed by atoms with Gasteiger partial charge >= 0.3 is 0 Å². The Bertz CT molecular complexity index is 1140. The van der Waals surface area contributed by atoms with Crippen LogP contribution in [0.15, 0.2) is 56.7 Å². The van der Waals surface area contributed by atoms with Crippen molar-refractivity contribution in [3.05, 3.63) is 64.4 Å². The topological polar surface area (TPSA) is 98.3 Å². The van der Waals surface area contributed by atoms with Crippen molar-refractivity contribution in [2.75, 3.05) is 13.1 Å². The van der Waals surface area contributed by atoms with Crippen molar-refractivity contribution in [3.63, 3.8) is 0 Å². The number of hydrogen-bond donors (Lipinski definition) is 0. The van der Waals surface area contributed by atoms with Gasteiger partial charge in [-0.25, -0.2) is 8.42 Å². The van der Waals surface area contributed by atoms with E-state index in [9.17, 15) is 13.2 Å². The third-order valence-electron chi connectivity index (χ3n) is 4.73. The number of hydrogen-bond acceptors (Lipinski definition) is 6. The molecule has 0 bridgehead atoms. The van der Waals surface area contributed by atoms with Gasteiger partial charge < -0.3 is 8.98 Å². The Labute approximate surface area is 162 Å². The molecule has 0 spiro atoms. The molecule has 0 unspecified atom stereocenters. The first-order valence-corrected chi connectivity index (χ1v) is 10.5. The first kappa shape index (κ1) is 18.6. The van der Waals surface area contributed by atoms with Gasteiger partial charge in [0.15, 0.2) is 0 Å². The summed E-state index contributed by atoms with van der Waals surface area (Å²) in [5.41, 5.74) is 1.56. The molecule has 1 aromatic carbocycles. The highest BCUT2D eigenvalue weighted by atomic mass is 32.2. The molecule has 9 heteroatoms. The van der Waals surface area contributed by atoms with Gasteiger partial charge in [0.05, 0.1) is 4.90 Å². The molecule has 28 heavy (non-hydrogen) atoms. The zero-order chi connectivity index (χ0) is 19.7. The van der Waals surface area contributed by atoms with Crippen LogP contribution in [-0.2, 0) is 16.6 Å². The summed E-state index contributed by atoms with van der Waals surface area (Å²) in [5.74, 6) is 0.581. The monoisotopic (exact) mass is 400 g/mol. The van der Waals surface area contributed by atoms with E-state index in [1.54, 1.807) is 0 Å². The van der Waals surface area contributed by atoms with Gasteiger partial charge in [0, 0.05) is 30.9 Å². The summed E-state index contributed by atoms with van der Waals surface area (Å²) in [6.45, 7) is 3.00. The van der Waals surface area contributed by atoms with Gasteiger partial charge in [-0.1, -0.05) is 17.7 Å². The molecule has 0 radical (unpaired) electrons. The molecule has 2 aromatic heterocycles. The van der Waals surface area contributed by atoms with Crippen molar-refractivity contribution in [2.45, 2.75) is 31.2 Å². The Morgan fingerprint density at radius 1 is 1.04 bits per heavy atom. The molecule has 0 atom stereocenters. The van der Waals surface area contributed by atoms with Crippen LogP contribution in [0.2, 0.25) is 0 Å². The van der Waals surface area contributed by atoms with E-state index in [0.717, 1.165) is 24.0 Å². The predicted octanol–water partition coefficient (Wildman–Crippen LogP) is 2.04. The highest BCUT2D eigenvalue weighted by Crippen LogP contribution is 2.21. The fourth-order valence-corrected chi connectivity index (χ4v) is 4.68. The molecule has 3 aromatic rings. The maximum Gasteiger partial charge on any atom is 0.251 e. The average molecular weight is 400 g/mol. The lowest BCUT2D eigenvalue weighted by molar-refractivity contribution is 0.471. The lowest BCUT2D eigenvalue weighted by Crippen LogP contribution is -2.29. The van der Waals surface area contributed by atoms with E-state index in [1.807, 2.05) is 31.2 Å². The SMILES string of the molecule is Cc1ccc(-c2nnc(Cn3cc(S(=O)(=O)N4CCCC4)ccc3=O)o2)cc1. The van der Waals surface area contributed by atoms with Crippen LogP contribution in [-0.4, -0.2) is 40.6 Å². The molecule has 0 amide bonds. The number of rotatable bonds is 5. The fraction of sp³-hybridized carbons (Fsp3) is 0.316. The molecule has 1 saturated heterocycles. The van der Waals surface area contributed by atoms with Gasteiger partial charge in [0.25, 0.3) is 5.56 Å². The zero-order valence-electron chi connectivity index (χ0n) is 15.4. The van der Waals surface area contributed by atoms with Crippen molar-refractivity contribution in [1.82, 2.24) is 19.1 Å². The number of pyridine rings is 1. The Hall–Kier alpha value is -2.78. The predicted molar refractivity (Wildman–Crippen MR) is 102 cm³/mol. The van der Waals surface area contributed by atoms with Crippen LogP contribution >= 0.6 is 0 Å². The molecular formula is C19H20N4O4S. The van der Waals surface area contributed by atoms with E-state index < -0.39 is 10.0 Å². The molecular weight excluding hydrogens is 380 g/mol. The third kappa shape index (κ3) is 3.63. The van der Waals surface area contributed by atoms with Crippen LogP contribution in [0.4, 0.5) is 0 Å². The second-order valence-electron chi connectivity index (χ2n) is 6.81. The largest absolute Gasteiger partial charge is 0.419 e. The van der Waals surface area contributed by atoms with Gasteiger partial charge in [-0.15, -0.1) is 10.2 Å². The lowest BCUT2D eigenvalue weighted by Gasteiger charge is -2.16. The quantitative estimate of drug-likeness (QED) is 0.650. The molecule has 0 aliphatic carbocycles. The summed E-state index contributed by atoms with van der Waals surface area (Å²) in [4.78, 5) is 12.3. The molecule has 1 aliphatic heterocycles. The normalized spacial score (nSPS) is 15.2. The Morgan fingerprint density at radius 2 is 1.75 bits per heavy atom. The van der Waals surface area contributed by atoms with Gasteiger partial charge in [-0.3, -0.25) is 4.79 Å². The lowest BCUT2D eigenvalue weighted by atomic mass is 10.1. The second-order valence-corrected chi connectivity index (χ2v) is 8.75. The Balaban J connectivity index is 1.60. The number of aryl methyl sites for hydroxylation is 1. The summed E-state index contributed by atoms with van der Waals surface area (Å²) in [5, 5.41) is 8.00. The number of aromatic nitrogens is 3. The molecule has 8 nitrogen and oxygen atoms in total. The van der Waals surface area contributed by atoms with Gasteiger partial charge in [0.1, 0.15) is 6.54 Å². The van der Waals surface area contributed by atoms with Crippen molar-refractivity contribution in [2.24, 2.45) is 0 Å². The highest BCUT2D eigenvalue weighted by molar-refractivity contribution is 7.89. The average Bonchev–Trinajstić information content (AvgIpc) is 3.36. The van der Waals surface area contributed by atoms with Gasteiger partial charge in [0.2, 0.25) is 21.8 Å². The smallest absolute Gasteiger partial charge is 0.251 e. The minimum atomic E-state index is -3.61. The van der Waals surface area contributed by atoms with Crippen molar-refractivity contribution < 1.29 is 12.8 Å². The van der Waals surface area contributed by atoms with E-state index in [2.05, 4.69) is 10.2 Å². The van der Waals surface area contributed by atoms with E-state index >= 15 is 0 Å². The van der Waals surface area contributed by atoms with Gasteiger partial charge in [-0.05, 0) is 38.0 Å². The molecule has 146 valence electrons. The second kappa shape index (κ2) is 7.33. The molecule has 1 aliphatic rings. The van der Waals surface area contributed by atoms with Crippen LogP contribution in [0, 0.1) is 6.92 Å². The number of benzene rings is 1. The van der Waals surface area contributed by atoms with E-state index in [1.165, 1.54) is 27.2 Å². The summed E-state index contributed by atoms with van der Waals surface area (Å²) >= 11 is 0. The molecule has 0 N–H and O–H groups in total. The fourth-order valence-electron chi connectivity index (χ4n) is 3.14. The van der Waals surface area contributed by atoms with E-state index in [4.69, 9.17) is 4.42 Å². The number of sulfonamides is 1. The number of nitrogens with zero attached hydrogens (tertiary/aromatic N) is 4. The first-order valence-electron chi connectivity index (χ1n) is 9.03.